The fourth-order valence-electron chi connectivity index (χ4n) is 3.13. The summed E-state index contributed by atoms with van der Waals surface area (Å²) in [4.78, 5) is 30.8. The Bertz CT molecular complexity index is 977. The molecule has 1 aromatic heterocycles. The van der Waals surface area contributed by atoms with Crippen molar-refractivity contribution in [2.24, 2.45) is 0 Å². The van der Waals surface area contributed by atoms with Gasteiger partial charge in [0.25, 0.3) is 0 Å². The van der Waals surface area contributed by atoms with Crippen LogP contribution in [0.2, 0.25) is 0 Å². The molecule has 27 heavy (non-hydrogen) atoms. The van der Waals surface area contributed by atoms with Gasteiger partial charge in [-0.15, -0.1) is 0 Å². The van der Waals surface area contributed by atoms with E-state index in [1.807, 2.05) is 54.6 Å². The minimum atomic E-state index is -0.262. The third kappa shape index (κ3) is 4.14. The molecule has 1 N–H and O–H groups in total. The van der Waals surface area contributed by atoms with Crippen molar-refractivity contribution < 1.29 is 9.59 Å². The Morgan fingerprint density at radius 2 is 1.78 bits per heavy atom. The third-order valence-corrected chi connectivity index (χ3v) is 4.44. The highest BCUT2D eigenvalue weighted by Gasteiger charge is 2.20. The Morgan fingerprint density at radius 3 is 2.52 bits per heavy atom. The minimum Gasteiger partial charge on any atom is -0.323 e. The standard InChI is InChI=1S/C22H23N3O2/c1-15(2)18-10-4-5-12-20(18)25(16(3)26)14-21(27)24-19-11-6-8-17-9-7-13-23-22(17)19/h4-13,15H,14H2,1-3H3,(H,24,27). The second-order valence-electron chi connectivity index (χ2n) is 6.75. The van der Waals surface area contributed by atoms with Crippen LogP contribution in [-0.4, -0.2) is 23.3 Å². The van der Waals surface area contributed by atoms with E-state index >= 15 is 0 Å². The maximum atomic E-state index is 12.7. The molecule has 0 bridgehead atoms. The van der Waals surface area contributed by atoms with Gasteiger partial charge in [-0.25, -0.2) is 0 Å². The molecular formula is C22H23N3O2. The summed E-state index contributed by atoms with van der Waals surface area (Å²) in [6.07, 6.45) is 1.69. The molecule has 0 unspecified atom stereocenters. The molecule has 0 aliphatic carbocycles. The zero-order chi connectivity index (χ0) is 19.4. The Hall–Kier alpha value is -3.21. The maximum Gasteiger partial charge on any atom is 0.244 e. The molecule has 0 fully saturated rings. The lowest BCUT2D eigenvalue weighted by Crippen LogP contribution is -2.37. The van der Waals surface area contributed by atoms with Crippen LogP contribution in [-0.2, 0) is 9.59 Å². The first kappa shape index (κ1) is 18.6. The lowest BCUT2D eigenvalue weighted by atomic mass is 10.0. The average Bonchev–Trinajstić information content (AvgIpc) is 2.66. The van der Waals surface area contributed by atoms with Crippen molar-refractivity contribution in [3.8, 4) is 0 Å². The molecule has 3 aromatic rings. The normalized spacial score (nSPS) is 10.8. The number of hydrogen-bond donors (Lipinski definition) is 1. The zero-order valence-electron chi connectivity index (χ0n) is 15.8. The van der Waals surface area contributed by atoms with E-state index in [-0.39, 0.29) is 24.3 Å². The predicted octanol–water partition coefficient (Wildman–Crippen LogP) is 4.35. The van der Waals surface area contributed by atoms with E-state index in [0.717, 1.165) is 22.2 Å². The number of carbonyl (C=O) groups excluding carboxylic acids is 2. The van der Waals surface area contributed by atoms with Crippen LogP contribution in [0.4, 0.5) is 11.4 Å². The van der Waals surface area contributed by atoms with E-state index in [2.05, 4.69) is 24.1 Å². The van der Waals surface area contributed by atoms with Crippen molar-refractivity contribution in [2.45, 2.75) is 26.7 Å². The van der Waals surface area contributed by atoms with Crippen molar-refractivity contribution in [1.82, 2.24) is 4.98 Å². The molecule has 0 saturated heterocycles. The number of anilines is 2. The molecule has 0 spiro atoms. The van der Waals surface area contributed by atoms with Gasteiger partial charge in [0.1, 0.15) is 6.54 Å². The van der Waals surface area contributed by atoms with Crippen molar-refractivity contribution in [1.29, 1.82) is 0 Å². The lowest BCUT2D eigenvalue weighted by Gasteiger charge is -2.25. The summed E-state index contributed by atoms with van der Waals surface area (Å²) >= 11 is 0. The predicted molar refractivity (Wildman–Crippen MR) is 109 cm³/mol. The number of fused-ring (bicyclic) bond motifs is 1. The summed E-state index contributed by atoms with van der Waals surface area (Å²) in [7, 11) is 0. The average molecular weight is 361 g/mol. The molecule has 0 atom stereocenters. The number of hydrogen-bond acceptors (Lipinski definition) is 3. The Kier molecular flexibility index (Phi) is 5.50. The number of nitrogens with zero attached hydrogens (tertiary/aromatic N) is 2. The maximum absolute atomic E-state index is 12.7. The molecule has 0 radical (unpaired) electrons. The second kappa shape index (κ2) is 7.99. The van der Waals surface area contributed by atoms with Crippen LogP contribution in [0.3, 0.4) is 0 Å². The molecule has 2 aromatic carbocycles. The van der Waals surface area contributed by atoms with Crippen molar-refractivity contribution >= 4 is 34.1 Å². The molecule has 1 heterocycles. The number of aromatic nitrogens is 1. The molecular weight excluding hydrogens is 338 g/mol. The quantitative estimate of drug-likeness (QED) is 0.735. The fraction of sp³-hybridized carbons (Fsp3) is 0.227. The molecule has 2 amide bonds. The first-order valence-corrected chi connectivity index (χ1v) is 8.98. The highest BCUT2D eigenvalue weighted by atomic mass is 16.2. The van der Waals surface area contributed by atoms with Crippen molar-refractivity contribution in [2.75, 3.05) is 16.8 Å². The number of amides is 2. The first-order chi connectivity index (χ1) is 13.0. The number of rotatable bonds is 5. The van der Waals surface area contributed by atoms with Gasteiger partial charge in [0.05, 0.1) is 11.2 Å². The summed E-state index contributed by atoms with van der Waals surface area (Å²) in [5.74, 6) is -0.190. The molecule has 0 aliphatic heterocycles. The summed E-state index contributed by atoms with van der Waals surface area (Å²) in [5, 5.41) is 3.84. The summed E-state index contributed by atoms with van der Waals surface area (Å²) < 4.78 is 0. The third-order valence-electron chi connectivity index (χ3n) is 4.44. The summed E-state index contributed by atoms with van der Waals surface area (Å²) in [5.41, 5.74) is 3.17. The van der Waals surface area contributed by atoms with Crippen LogP contribution in [0.25, 0.3) is 10.9 Å². The van der Waals surface area contributed by atoms with Crippen LogP contribution in [0.15, 0.2) is 60.8 Å². The highest BCUT2D eigenvalue weighted by molar-refractivity contribution is 6.05. The van der Waals surface area contributed by atoms with Gasteiger partial charge in [0.15, 0.2) is 0 Å². The van der Waals surface area contributed by atoms with E-state index in [0.29, 0.717) is 5.69 Å². The number of carbonyl (C=O) groups is 2. The van der Waals surface area contributed by atoms with Crippen molar-refractivity contribution in [3.63, 3.8) is 0 Å². The smallest absolute Gasteiger partial charge is 0.244 e. The van der Waals surface area contributed by atoms with E-state index in [9.17, 15) is 9.59 Å². The van der Waals surface area contributed by atoms with Gasteiger partial charge in [-0.3, -0.25) is 14.6 Å². The Balaban J connectivity index is 1.85. The largest absolute Gasteiger partial charge is 0.323 e. The van der Waals surface area contributed by atoms with E-state index < -0.39 is 0 Å². The molecule has 0 saturated carbocycles. The summed E-state index contributed by atoms with van der Waals surface area (Å²) in [6.45, 7) is 5.56. The van der Waals surface area contributed by atoms with Crippen LogP contribution < -0.4 is 10.2 Å². The van der Waals surface area contributed by atoms with Gasteiger partial charge in [-0.05, 0) is 29.7 Å². The Labute approximate surface area is 159 Å². The number of para-hydroxylation sites is 2. The SMILES string of the molecule is CC(=O)N(CC(=O)Nc1cccc2cccnc12)c1ccccc1C(C)C. The summed E-state index contributed by atoms with van der Waals surface area (Å²) in [6, 6.07) is 17.1. The number of benzene rings is 2. The van der Waals surface area contributed by atoms with E-state index in [1.165, 1.54) is 11.8 Å². The molecule has 5 nitrogen and oxygen atoms in total. The monoisotopic (exact) mass is 361 g/mol. The molecule has 0 aliphatic rings. The van der Waals surface area contributed by atoms with Crippen LogP contribution in [0, 0.1) is 0 Å². The zero-order valence-corrected chi connectivity index (χ0v) is 15.8. The van der Waals surface area contributed by atoms with Crippen LogP contribution in [0.1, 0.15) is 32.3 Å². The van der Waals surface area contributed by atoms with Gasteiger partial charge in [0.2, 0.25) is 11.8 Å². The van der Waals surface area contributed by atoms with E-state index in [4.69, 9.17) is 0 Å². The topological polar surface area (TPSA) is 62.3 Å². The molecule has 3 rings (SSSR count). The second-order valence-corrected chi connectivity index (χ2v) is 6.75. The molecule has 138 valence electrons. The Morgan fingerprint density at radius 1 is 1.04 bits per heavy atom. The fourth-order valence-corrected chi connectivity index (χ4v) is 3.13. The van der Waals surface area contributed by atoms with Gasteiger partial charge in [-0.2, -0.15) is 0 Å². The number of pyridine rings is 1. The van der Waals surface area contributed by atoms with Crippen molar-refractivity contribution in [3.05, 3.63) is 66.4 Å². The minimum absolute atomic E-state index is 0.0533. The van der Waals surface area contributed by atoms with Gasteiger partial charge >= 0.3 is 0 Å². The first-order valence-electron chi connectivity index (χ1n) is 8.98. The number of nitrogens with one attached hydrogen (secondary N) is 1. The molecule has 5 heteroatoms. The van der Waals surface area contributed by atoms with Gasteiger partial charge in [-0.1, -0.05) is 50.2 Å². The van der Waals surface area contributed by atoms with Crippen LogP contribution >= 0.6 is 0 Å². The lowest BCUT2D eigenvalue weighted by molar-refractivity contribution is -0.120. The van der Waals surface area contributed by atoms with E-state index in [1.54, 1.807) is 6.20 Å². The van der Waals surface area contributed by atoms with Gasteiger partial charge in [0, 0.05) is 24.2 Å². The highest BCUT2D eigenvalue weighted by Crippen LogP contribution is 2.27. The van der Waals surface area contributed by atoms with Gasteiger partial charge < -0.3 is 10.2 Å². The van der Waals surface area contributed by atoms with Crippen LogP contribution in [0.5, 0.6) is 0 Å².